The van der Waals surface area contributed by atoms with Gasteiger partial charge in [0.15, 0.2) is 11.9 Å². The van der Waals surface area contributed by atoms with Gasteiger partial charge in [-0.05, 0) is 76.2 Å². The number of ketones is 1. The van der Waals surface area contributed by atoms with Crippen molar-refractivity contribution in [3.8, 4) is 5.75 Å². The van der Waals surface area contributed by atoms with Crippen LogP contribution >= 0.6 is 45.2 Å². The molecule has 1 N–H and O–H groups in total. The van der Waals surface area contributed by atoms with Gasteiger partial charge in [0.25, 0.3) is 5.69 Å². The Morgan fingerprint density at radius 3 is 2.39 bits per heavy atom. The summed E-state index contributed by atoms with van der Waals surface area (Å²) in [5.41, 5.74) is 0.990. The number of carbonyl (C=O) groups is 2. The van der Waals surface area contributed by atoms with Crippen LogP contribution in [0.5, 0.6) is 5.75 Å². The van der Waals surface area contributed by atoms with Gasteiger partial charge < -0.3 is 14.3 Å². The highest BCUT2D eigenvalue weighted by Gasteiger charge is 2.26. The molecule has 0 radical (unpaired) electrons. The normalized spacial score (nSPS) is 12.0. The van der Waals surface area contributed by atoms with Crippen molar-refractivity contribution < 1.29 is 28.8 Å². The second-order valence-electron chi connectivity index (χ2n) is 7.39. The second kappa shape index (κ2) is 10.8. The molecule has 0 aliphatic heterocycles. The molecule has 1 heterocycles. The molecule has 3 aromatic rings. The van der Waals surface area contributed by atoms with Gasteiger partial charge in [-0.3, -0.25) is 14.9 Å². The number of carbonyl (C=O) groups excluding carboxylic acids is 1. The van der Waals surface area contributed by atoms with Gasteiger partial charge in [0.05, 0.1) is 17.6 Å². The zero-order chi connectivity index (χ0) is 24.3. The lowest BCUT2D eigenvalue weighted by Crippen LogP contribution is -2.26. The van der Waals surface area contributed by atoms with Crippen molar-refractivity contribution in [3.05, 3.63) is 64.5 Å². The van der Waals surface area contributed by atoms with Crippen molar-refractivity contribution >= 4 is 73.6 Å². The number of ether oxygens (including phenoxy) is 1. The molecule has 0 aliphatic rings. The maximum absolute atomic E-state index is 13.6. The third-order valence-electron chi connectivity index (χ3n) is 5.11. The number of non-ortho nitro benzene ring substituents is 1. The average molecular weight is 677 g/mol. The number of nitro benzene ring substituents is 1. The molecule has 0 amide bonds. The molecule has 0 saturated heterocycles. The minimum Gasteiger partial charge on any atom is -0.479 e. The summed E-state index contributed by atoms with van der Waals surface area (Å²) in [5.74, 6) is -0.468. The number of aryl methyl sites for hydroxylation is 1. The smallest absolute Gasteiger partial charge is 0.344 e. The summed E-state index contributed by atoms with van der Waals surface area (Å²) in [7, 11) is 0. The van der Waals surface area contributed by atoms with E-state index in [-0.39, 0.29) is 11.5 Å². The molecule has 1 unspecified atom stereocenters. The molecule has 0 spiro atoms. The van der Waals surface area contributed by atoms with Gasteiger partial charge in [0.2, 0.25) is 0 Å². The fourth-order valence-electron chi connectivity index (χ4n) is 3.41. The lowest BCUT2D eigenvalue weighted by atomic mass is 9.98. The summed E-state index contributed by atoms with van der Waals surface area (Å²) in [6, 6.07) is 7.51. The van der Waals surface area contributed by atoms with Crippen LogP contribution in [0, 0.1) is 17.3 Å². The minimum absolute atomic E-state index is 0.119. The highest BCUT2D eigenvalue weighted by Crippen LogP contribution is 2.35. The van der Waals surface area contributed by atoms with Gasteiger partial charge in [-0.15, -0.1) is 0 Å². The zero-order valence-corrected chi connectivity index (χ0v) is 22.2. The summed E-state index contributed by atoms with van der Waals surface area (Å²) in [6.07, 6.45) is 1.54. The van der Waals surface area contributed by atoms with Gasteiger partial charge in [-0.2, -0.15) is 0 Å². The molecule has 0 aliphatic carbocycles. The van der Waals surface area contributed by atoms with Gasteiger partial charge in [-0.1, -0.05) is 20.3 Å². The first kappa shape index (κ1) is 25.4. The molecular formula is C23H21I2NO7. The highest BCUT2D eigenvalue weighted by molar-refractivity contribution is 14.1. The average Bonchev–Trinajstić information content (AvgIpc) is 3.13. The van der Waals surface area contributed by atoms with Crippen molar-refractivity contribution in [1.82, 2.24) is 0 Å². The van der Waals surface area contributed by atoms with Crippen molar-refractivity contribution in [3.63, 3.8) is 0 Å². The number of aliphatic carboxylic acids is 1. The topological polar surface area (TPSA) is 120 Å². The number of carboxylic acids is 1. The molecule has 33 heavy (non-hydrogen) atoms. The third-order valence-corrected chi connectivity index (χ3v) is 6.71. The molecule has 8 nitrogen and oxygen atoms in total. The van der Waals surface area contributed by atoms with Crippen LogP contribution in [0.1, 0.15) is 54.8 Å². The Labute approximate surface area is 217 Å². The number of nitrogens with zero attached hydrogens (tertiary/aromatic N) is 1. The van der Waals surface area contributed by atoms with Crippen molar-refractivity contribution in [2.24, 2.45) is 0 Å². The van der Waals surface area contributed by atoms with E-state index < -0.39 is 17.0 Å². The second-order valence-corrected chi connectivity index (χ2v) is 9.72. The molecular weight excluding hydrogens is 656 g/mol. The van der Waals surface area contributed by atoms with E-state index in [1.807, 2.05) is 52.1 Å². The lowest BCUT2D eigenvalue weighted by Gasteiger charge is -2.17. The van der Waals surface area contributed by atoms with Gasteiger partial charge in [0.1, 0.15) is 17.1 Å². The maximum Gasteiger partial charge on any atom is 0.344 e. The van der Waals surface area contributed by atoms with Crippen LogP contribution in [0.25, 0.3) is 11.0 Å². The van der Waals surface area contributed by atoms with Crippen LogP contribution in [-0.2, 0) is 11.2 Å². The fourth-order valence-corrected chi connectivity index (χ4v) is 5.43. The Morgan fingerprint density at radius 1 is 1.18 bits per heavy atom. The summed E-state index contributed by atoms with van der Waals surface area (Å²) in [5, 5.41) is 21.0. The first-order valence-corrected chi connectivity index (χ1v) is 12.5. The van der Waals surface area contributed by atoms with E-state index in [1.165, 1.54) is 18.2 Å². The number of furan rings is 1. The molecule has 3 rings (SSSR count). The van der Waals surface area contributed by atoms with E-state index in [4.69, 9.17) is 9.15 Å². The Hall–Kier alpha value is -2.22. The molecule has 0 fully saturated rings. The first-order valence-electron chi connectivity index (χ1n) is 10.3. The summed E-state index contributed by atoms with van der Waals surface area (Å²) < 4.78 is 12.8. The number of nitro groups is 1. The van der Waals surface area contributed by atoms with Crippen LogP contribution in [0.4, 0.5) is 5.69 Å². The Morgan fingerprint density at radius 2 is 1.85 bits per heavy atom. The van der Waals surface area contributed by atoms with E-state index in [0.29, 0.717) is 53.6 Å². The molecule has 2 aromatic carbocycles. The first-order chi connectivity index (χ1) is 15.7. The predicted octanol–water partition coefficient (Wildman–Crippen LogP) is 6.37. The predicted molar refractivity (Wildman–Crippen MR) is 139 cm³/mol. The maximum atomic E-state index is 13.6. The lowest BCUT2D eigenvalue weighted by molar-refractivity contribution is -0.384. The monoisotopic (exact) mass is 677 g/mol. The van der Waals surface area contributed by atoms with E-state index in [0.717, 1.165) is 12.8 Å². The number of hydrogen-bond acceptors (Lipinski definition) is 6. The number of benzene rings is 2. The van der Waals surface area contributed by atoms with Gasteiger partial charge >= 0.3 is 5.97 Å². The molecule has 1 aromatic heterocycles. The van der Waals surface area contributed by atoms with Crippen LogP contribution in [0.3, 0.4) is 0 Å². The summed E-state index contributed by atoms with van der Waals surface area (Å²) in [6.45, 7) is 3.75. The van der Waals surface area contributed by atoms with Gasteiger partial charge in [-0.25, -0.2) is 4.79 Å². The standard InChI is InChI=1S/C23H21I2NO7/c1-3-5-6-19-20(14-11-13(26(30)31)7-8-18(14)32-19)21(27)12-9-15(24)22(16(25)10-12)33-17(4-2)23(28)29/h7-11,17H,3-6H2,1-2H3,(H,28,29). The number of halogens is 2. The van der Waals surface area contributed by atoms with Crippen molar-refractivity contribution in [2.45, 2.75) is 45.6 Å². The SMILES string of the molecule is CCCCc1oc2ccc([N+](=O)[O-])cc2c1C(=O)c1cc(I)c(OC(CC)C(=O)O)c(I)c1. The molecule has 1 atom stereocenters. The van der Waals surface area contributed by atoms with Gasteiger partial charge in [0, 0.05) is 29.5 Å². The highest BCUT2D eigenvalue weighted by atomic mass is 127. The summed E-state index contributed by atoms with van der Waals surface area (Å²) in [4.78, 5) is 35.8. The Balaban J connectivity index is 2.10. The molecule has 174 valence electrons. The Kier molecular flexibility index (Phi) is 8.32. The van der Waals surface area contributed by atoms with E-state index in [2.05, 4.69) is 0 Å². The minimum atomic E-state index is -1.06. The number of rotatable bonds is 10. The molecule has 0 bridgehead atoms. The van der Waals surface area contributed by atoms with E-state index in [1.54, 1.807) is 19.1 Å². The zero-order valence-electron chi connectivity index (χ0n) is 17.9. The Bertz CT molecular complexity index is 1210. The van der Waals surface area contributed by atoms with E-state index in [9.17, 15) is 24.8 Å². The fraction of sp³-hybridized carbons (Fsp3) is 0.304. The van der Waals surface area contributed by atoms with Crippen LogP contribution in [0.2, 0.25) is 0 Å². The molecule has 10 heteroatoms. The van der Waals surface area contributed by atoms with Crippen molar-refractivity contribution in [1.29, 1.82) is 0 Å². The number of unbranched alkanes of at least 4 members (excludes halogenated alkanes) is 1. The van der Waals surface area contributed by atoms with Crippen LogP contribution in [-0.4, -0.2) is 27.9 Å². The van der Waals surface area contributed by atoms with Crippen LogP contribution in [0.15, 0.2) is 34.7 Å². The largest absolute Gasteiger partial charge is 0.479 e. The van der Waals surface area contributed by atoms with Crippen molar-refractivity contribution in [2.75, 3.05) is 0 Å². The number of carboxylic acid groups (broad SMARTS) is 1. The third kappa shape index (κ3) is 5.48. The number of fused-ring (bicyclic) bond motifs is 1. The van der Waals surface area contributed by atoms with Crippen LogP contribution < -0.4 is 4.74 Å². The number of hydrogen-bond donors (Lipinski definition) is 1. The molecule has 0 saturated carbocycles. The quantitative estimate of drug-likeness (QED) is 0.115. The van der Waals surface area contributed by atoms with E-state index >= 15 is 0 Å². The summed E-state index contributed by atoms with van der Waals surface area (Å²) >= 11 is 4.02.